The number of nitro benzene ring substituents is 1. The first-order valence-corrected chi connectivity index (χ1v) is 10.9. The van der Waals surface area contributed by atoms with Gasteiger partial charge in [0.1, 0.15) is 5.69 Å². The van der Waals surface area contributed by atoms with Crippen LogP contribution in [-0.2, 0) is 11.3 Å². The highest BCUT2D eigenvalue weighted by Gasteiger charge is 2.22. The first-order chi connectivity index (χ1) is 14.8. The van der Waals surface area contributed by atoms with Gasteiger partial charge in [0.2, 0.25) is 5.91 Å². The van der Waals surface area contributed by atoms with E-state index in [9.17, 15) is 19.7 Å². The Bertz CT molecular complexity index is 1180. The normalized spacial score (nSPS) is 12.1. The Morgan fingerprint density at radius 3 is 2.55 bits per heavy atom. The Labute approximate surface area is 183 Å². The molecule has 0 fully saturated rings. The molecule has 2 aromatic carbocycles. The zero-order valence-electron chi connectivity index (χ0n) is 17.6. The van der Waals surface area contributed by atoms with Gasteiger partial charge in [0.15, 0.2) is 5.16 Å². The lowest BCUT2D eigenvalue weighted by Crippen LogP contribution is -2.27. The maximum atomic E-state index is 13.1. The van der Waals surface area contributed by atoms with Gasteiger partial charge in [-0.15, -0.1) is 0 Å². The smallest absolute Gasteiger partial charge is 0.292 e. The number of fused-ring (bicyclic) bond motifs is 1. The average molecular weight is 441 g/mol. The summed E-state index contributed by atoms with van der Waals surface area (Å²) in [5, 5.41) is 14.2. The molecule has 1 heterocycles. The number of nitrogens with zero attached hydrogens (tertiary/aromatic N) is 3. The second-order valence-electron chi connectivity index (χ2n) is 7.57. The first kappa shape index (κ1) is 22.5. The lowest BCUT2D eigenvalue weighted by Gasteiger charge is -2.17. The largest absolute Gasteiger partial charge is 0.319 e. The van der Waals surface area contributed by atoms with Crippen LogP contribution in [-0.4, -0.2) is 25.6 Å². The second-order valence-corrected chi connectivity index (χ2v) is 8.88. The molecular weight excluding hydrogens is 416 g/mol. The number of para-hydroxylation sites is 3. The number of benzene rings is 2. The van der Waals surface area contributed by atoms with Crippen molar-refractivity contribution in [2.75, 3.05) is 5.32 Å². The fourth-order valence-electron chi connectivity index (χ4n) is 3.01. The molecule has 1 unspecified atom stereocenters. The molecular formula is C22H24N4O4S. The highest BCUT2D eigenvalue weighted by molar-refractivity contribution is 8.00. The van der Waals surface area contributed by atoms with Crippen LogP contribution in [0.5, 0.6) is 0 Å². The SMILES string of the molecule is CC(C)CCn1c(SC(C)C(=O)Nc2ccccc2[N+](=O)[O-])nc2ccccc2c1=O. The zero-order chi connectivity index (χ0) is 22.5. The van der Waals surface area contributed by atoms with E-state index in [0.717, 1.165) is 18.2 Å². The molecule has 1 N–H and O–H groups in total. The maximum absolute atomic E-state index is 13.1. The number of anilines is 1. The van der Waals surface area contributed by atoms with Crippen molar-refractivity contribution in [3.8, 4) is 0 Å². The average Bonchev–Trinajstić information content (AvgIpc) is 2.73. The molecule has 0 spiro atoms. The van der Waals surface area contributed by atoms with Crippen LogP contribution < -0.4 is 10.9 Å². The standard InChI is InChI=1S/C22H24N4O4S/c1-14(2)12-13-25-21(28)16-8-4-5-9-17(16)24-22(25)31-15(3)20(27)23-18-10-6-7-11-19(18)26(29)30/h4-11,14-15H,12-13H2,1-3H3,(H,23,27). The number of nitrogens with one attached hydrogen (secondary N) is 1. The van der Waals surface area contributed by atoms with E-state index in [0.29, 0.717) is 28.5 Å². The highest BCUT2D eigenvalue weighted by atomic mass is 32.2. The van der Waals surface area contributed by atoms with Crippen LogP contribution in [0, 0.1) is 16.0 Å². The van der Waals surface area contributed by atoms with E-state index < -0.39 is 16.1 Å². The summed E-state index contributed by atoms with van der Waals surface area (Å²) in [6, 6.07) is 13.1. The third-order valence-electron chi connectivity index (χ3n) is 4.77. The summed E-state index contributed by atoms with van der Waals surface area (Å²) >= 11 is 1.16. The summed E-state index contributed by atoms with van der Waals surface area (Å²) in [5.41, 5.74) is 0.390. The van der Waals surface area contributed by atoms with Crippen molar-refractivity contribution in [1.29, 1.82) is 0 Å². The van der Waals surface area contributed by atoms with Gasteiger partial charge in [0.25, 0.3) is 11.2 Å². The van der Waals surface area contributed by atoms with Crippen molar-refractivity contribution in [1.82, 2.24) is 9.55 Å². The Hall–Kier alpha value is -3.20. The molecule has 8 nitrogen and oxygen atoms in total. The van der Waals surface area contributed by atoms with E-state index in [4.69, 9.17) is 0 Å². The molecule has 3 aromatic rings. The van der Waals surface area contributed by atoms with Crippen molar-refractivity contribution in [2.24, 2.45) is 5.92 Å². The third-order valence-corrected chi connectivity index (χ3v) is 5.86. The minimum Gasteiger partial charge on any atom is -0.319 e. The van der Waals surface area contributed by atoms with Gasteiger partial charge in [-0.05, 0) is 37.5 Å². The molecule has 0 bridgehead atoms. The molecule has 9 heteroatoms. The number of carbonyl (C=O) groups excluding carboxylic acids is 1. The first-order valence-electron chi connectivity index (χ1n) is 9.98. The lowest BCUT2D eigenvalue weighted by molar-refractivity contribution is -0.383. The van der Waals surface area contributed by atoms with Crippen LogP contribution >= 0.6 is 11.8 Å². The van der Waals surface area contributed by atoms with E-state index in [1.54, 1.807) is 41.8 Å². The molecule has 162 valence electrons. The predicted octanol–water partition coefficient (Wildman–Crippen LogP) is 4.47. The predicted molar refractivity (Wildman–Crippen MR) is 123 cm³/mol. The summed E-state index contributed by atoms with van der Waals surface area (Å²) in [6.07, 6.45) is 0.796. The third kappa shape index (κ3) is 5.29. The van der Waals surface area contributed by atoms with E-state index in [2.05, 4.69) is 24.1 Å². The Morgan fingerprint density at radius 2 is 1.84 bits per heavy atom. The van der Waals surface area contributed by atoms with Crippen LogP contribution in [0.1, 0.15) is 27.2 Å². The molecule has 0 aliphatic heterocycles. The quantitative estimate of drug-likeness (QED) is 0.240. The Balaban J connectivity index is 1.89. The van der Waals surface area contributed by atoms with Crippen LogP contribution in [0.15, 0.2) is 58.5 Å². The summed E-state index contributed by atoms with van der Waals surface area (Å²) in [4.78, 5) is 41.1. The molecule has 0 radical (unpaired) electrons. The number of hydrogen-bond acceptors (Lipinski definition) is 6. The number of nitro groups is 1. The van der Waals surface area contributed by atoms with E-state index in [-0.39, 0.29) is 16.9 Å². The van der Waals surface area contributed by atoms with Gasteiger partial charge >= 0.3 is 0 Å². The van der Waals surface area contributed by atoms with Gasteiger partial charge in [0.05, 0.1) is 21.1 Å². The van der Waals surface area contributed by atoms with Gasteiger partial charge in [-0.3, -0.25) is 24.3 Å². The molecule has 3 rings (SSSR count). The van der Waals surface area contributed by atoms with E-state index >= 15 is 0 Å². The minimum atomic E-state index is -0.627. The van der Waals surface area contributed by atoms with Crippen LogP contribution in [0.2, 0.25) is 0 Å². The molecule has 1 aromatic heterocycles. The topological polar surface area (TPSA) is 107 Å². The summed E-state index contributed by atoms with van der Waals surface area (Å²) in [7, 11) is 0. The van der Waals surface area contributed by atoms with E-state index in [1.807, 2.05) is 6.07 Å². The number of thioether (sulfide) groups is 1. The Kier molecular flexibility index (Phi) is 7.06. The van der Waals surface area contributed by atoms with Crippen LogP contribution in [0.25, 0.3) is 10.9 Å². The van der Waals surface area contributed by atoms with Crippen molar-refractivity contribution in [3.63, 3.8) is 0 Å². The van der Waals surface area contributed by atoms with Gasteiger partial charge in [-0.2, -0.15) is 0 Å². The highest BCUT2D eigenvalue weighted by Crippen LogP contribution is 2.27. The lowest BCUT2D eigenvalue weighted by atomic mass is 10.1. The van der Waals surface area contributed by atoms with Crippen molar-refractivity contribution < 1.29 is 9.72 Å². The fraction of sp³-hybridized carbons (Fsp3) is 0.318. The van der Waals surface area contributed by atoms with Crippen molar-refractivity contribution >= 4 is 39.9 Å². The minimum absolute atomic E-state index is 0.133. The zero-order valence-corrected chi connectivity index (χ0v) is 18.4. The molecule has 0 saturated carbocycles. The number of rotatable bonds is 8. The number of aromatic nitrogens is 2. The second kappa shape index (κ2) is 9.74. The monoisotopic (exact) mass is 440 g/mol. The molecule has 0 aliphatic rings. The summed E-state index contributed by atoms with van der Waals surface area (Å²) in [6.45, 7) is 6.34. The maximum Gasteiger partial charge on any atom is 0.292 e. The number of carbonyl (C=O) groups is 1. The molecule has 1 atom stereocenters. The van der Waals surface area contributed by atoms with Crippen LogP contribution in [0.4, 0.5) is 11.4 Å². The summed E-state index contributed by atoms with van der Waals surface area (Å²) in [5.74, 6) is -0.00677. The van der Waals surface area contributed by atoms with Gasteiger partial charge in [-0.25, -0.2) is 4.98 Å². The number of hydrogen-bond donors (Lipinski definition) is 1. The number of amides is 1. The van der Waals surface area contributed by atoms with Crippen molar-refractivity contribution in [2.45, 2.75) is 44.1 Å². The molecule has 31 heavy (non-hydrogen) atoms. The Morgan fingerprint density at radius 1 is 1.16 bits per heavy atom. The van der Waals surface area contributed by atoms with Gasteiger partial charge < -0.3 is 5.32 Å². The fourth-order valence-corrected chi connectivity index (χ4v) is 3.94. The van der Waals surface area contributed by atoms with Gasteiger partial charge in [-0.1, -0.05) is 49.9 Å². The van der Waals surface area contributed by atoms with E-state index in [1.165, 1.54) is 12.1 Å². The van der Waals surface area contributed by atoms with Crippen LogP contribution in [0.3, 0.4) is 0 Å². The summed E-state index contributed by atoms with van der Waals surface area (Å²) < 4.78 is 1.61. The molecule has 1 amide bonds. The van der Waals surface area contributed by atoms with Gasteiger partial charge in [0, 0.05) is 12.6 Å². The molecule has 0 aliphatic carbocycles. The molecule has 0 saturated heterocycles. The van der Waals surface area contributed by atoms with Crippen molar-refractivity contribution in [3.05, 3.63) is 69.0 Å².